The summed E-state index contributed by atoms with van der Waals surface area (Å²) in [5, 5.41) is 9.42. The van der Waals surface area contributed by atoms with Crippen molar-refractivity contribution in [2.75, 3.05) is 18.5 Å². The molecule has 2 rings (SSSR count). The number of hydrogen-bond acceptors (Lipinski definition) is 3. The van der Waals surface area contributed by atoms with Crippen LogP contribution in [0.5, 0.6) is 0 Å². The van der Waals surface area contributed by atoms with Gasteiger partial charge in [-0.05, 0) is 19.8 Å². The van der Waals surface area contributed by atoms with Gasteiger partial charge in [0.2, 0.25) is 5.91 Å². The Hall–Kier alpha value is -1.36. The smallest absolute Gasteiger partial charge is 0.230 e. The van der Waals surface area contributed by atoms with Crippen LogP contribution in [0.25, 0.3) is 0 Å². The molecule has 2 heterocycles. The first-order valence-electron chi connectivity index (χ1n) is 5.16. The highest BCUT2D eigenvalue weighted by Gasteiger charge is 2.22. The zero-order valence-electron chi connectivity index (χ0n) is 8.75. The average molecular weight is 209 g/mol. The molecule has 1 aromatic heterocycles. The fourth-order valence-corrected chi connectivity index (χ4v) is 1.65. The Morgan fingerprint density at radius 3 is 3.20 bits per heavy atom. The van der Waals surface area contributed by atoms with Gasteiger partial charge >= 0.3 is 0 Å². The molecular formula is C10H15N3O2. The minimum absolute atomic E-state index is 0.0158. The van der Waals surface area contributed by atoms with Crippen LogP contribution in [0.15, 0.2) is 6.20 Å². The predicted molar refractivity (Wildman–Crippen MR) is 55.5 cm³/mol. The van der Waals surface area contributed by atoms with Crippen molar-refractivity contribution < 1.29 is 9.53 Å². The number of anilines is 1. The molecule has 1 aromatic rings. The molecule has 0 bridgehead atoms. The Morgan fingerprint density at radius 1 is 1.73 bits per heavy atom. The molecule has 0 radical (unpaired) electrons. The minimum atomic E-state index is -0.0264. The van der Waals surface area contributed by atoms with Gasteiger partial charge in [-0.2, -0.15) is 5.10 Å². The molecule has 1 aliphatic heterocycles. The van der Waals surface area contributed by atoms with Gasteiger partial charge in [0.15, 0.2) is 0 Å². The number of rotatable bonds is 2. The lowest BCUT2D eigenvalue weighted by atomic mass is 10.0. The summed E-state index contributed by atoms with van der Waals surface area (Å²) in [5.41, 5.74) is 0.945. The number of H-pyrrole nitrogens is 1. The topological polar surface area (TPSA) is 67.0 Å². The van der Waals surface area contributed by atoms with E-state index in [1.165, 1.54) is 0 Å². The molecular weight excluding hydrogens is 194 g/mol. The van der Waals surface area contributed by atoms with E-state index >= 15 is 0 Å². The third-order valence-electron chi connectivity index (χ3n) is 2.61. The van der Waals surface area contributed by atoms with Crippen LogP contribution in [0.1, 0.15) is 18.4 Å². The van der Waals surface area contributed by atoms with E-state index in [-0.39, 0.29) is 11.8 Å². The van der Waals surface area contributed by atoms with Gasteiger partial charge in [0.25, 0.3) is 0 Å². The number of aryl methyl sites for hydroxylation is 1. The first-order valence-corrected chi connectivity index (χ1v) is 5.16. The molecule has 5 heteroatoms. The van der Waals surface area contributed by atoms with Crippen molar-refractivity contribution in [2.24, 2.45) is 5.92 Å². The molecule has 82 valence electrons. The minimum Gasteiger partial charge on any atom is -0.381 e. The average Bonchev–Trinajstić information content (AvgIpc) is 2.66. The van der Waals surface area contributed by atoms with Crippen molar-refractivity contribution in [3.05, 3.63) is 11.8 Å². The summed E-state index contributed by atoms with van der Waals surface area (Å²) in [5.74, 6) is 0.675. The Labute approximate surface area is 88.2 Å². The number of hydrogen-bond donors (Lipinski definition) is 2. The van der Waals surface area contributed by atoms with Gasteiger partial charge in [-0.1, -0.05) is 0 Å². The number of ether oxygens (including phenoxy) is 1. The molecule has 1 fully saturated rings. The van der Waals surface area contributed by atoms with Crippen molar-refractivity contribution in [3.63, 3.8) is 0 Å². The van der Waals surface area contributed by atoms with Crippen molar-refractivity contribution in [3.8, 4) is 0 Å². The van der Waals surface area contributed by atoms with Gasteiger partial charge in [0.05, 0.1) is 18.7 Å². The van der Waals surface area contributed by atoms with Crippen LogP contribution in [0.2, 0.25) is 0 Å². The van der Waals surface area contributed by atoms with E-state index in [9.17, 15) is 4.79 Å². The Kier molecular flexibility index (Phi) is 3.01. The Morgan fingerprint density at radius 2 is 2.60 bits per heavy atom. The first kappa shape index (κ1) is 10.2. The van der Waals surface area contributed by atoms with E-state index in [1.807, 2.05) is 6.92 Å². The zero-order valence-corrected chi connectivity index (χ0v) is 8.75. The molecule has 2 N–H and O–H groups in total. The maximum Gasteiger partial charge on any atom is 0.230 e. The molecule has 1 amide bonds. The molecule has 1 aliphatic rings. The first-order chi connectivity index (χ1) is 7.27. The Balaban J connectivity index is 1.94. The van der Waals surface area contributed by atoms with Gasteiger partial charge in [-0.3, -0.25) is 9.89 Å². The molecule has 5 nitrogen and oxygen atoms in total. The zero-order chi connectivity index (χ0) is 10.7. The lowest BCUT2D eigenvalue weighted by molar-refractivity contribution is -0.123. The molecule has 0 saturated carbocycles. The van der Waals surface area contributed by atoms with Gasteiger partial charge in [0.1, 0.15) is 5.82 Å². The highest BCUT2D eigenvalue weighted by molar-refractivity contribution is 5.92. The third-order valence-corrected chi connectivity index (χ3v) is 2.61. The van der Waals surface area contributed by atoms with Crippen LogP contribution in [0, 0.1) is 12.8 Å². The Bertz CT molecular complexity index is 342. The van der Waals surface area contributed by atoms with E-state index in [1.54, 1.807) is 6.20 Å². The van der Waals surface area contributed by atoms with Crippen molar-refractivity contribution in [1.82, 2.24) is 10.2 Å². The van der Waals surface area contributed by atoms with Crippen LogP contribution >= 0.6 is 0 Å². The maximum atomic E-state index is 11.8. The van der Waals surface area contributed by atoms with E-state index < -0.39 is 0 Å². The van der Waals surface area contributed by atoms with Crippen molar-refractivity contribution >= 4 is 11.7 Å². The highest BCUT2D eigenvalue weighted by Crippen LogP contribution is 2.16. The number of nitrogens with one attached hydrogen (secondary N) is 2. The summed E-state index contributed by atoms with van der Waals surface area (Å²) >= 11 is 0. The fourth-order valence-electron chi connectivity index (χ4n) is 1.65. The van der Waals surface area contributed by atoms with Gasteiger partial charge in [-0.15, -0.1) is 0 Å². The number of amides is 1. The lowest BCUT2D eigenvalue weighted by Crippen LogP contribution is -2.30. The number of aromatic nitrogens is 2. The summed E-state index contributed by atoms with van der Waals surface area (Å²) in [6, 6.07) is 0. The second-order valence-corrected chi connectivity index (χ2v) is 3.83. The fraction of sp³-hybridized carbons (Fsp3) is 0.600. The van der Waals surface area contributed by atoms with E-state index in [0.29, 0.717) is 12.4 Å². The molecule has 15 heavy (non-hydrogen) atoms. The second-order valence-electron chi connectivity index (χ2n) is 3.83. The van der Waals surface area contributed by atoms with E-state index in [0.717, 1.165) is 25.0 Å². The summed E-state index contributed by atoms with van der Waals surface area (Å²) < 4.78 is 5.27. The van der Waals surface area contributed by atoms with Crippen LogP contribution in [-0.2, 0) is 9.53 Å². The van der Waals surface area contributed by atoms with Gasteiger partial charge in [0, 0.05) is 12.2 Å². The number of nitrogens with zero attached hydrogens (tertiary/aromatic N) is 1. The second kappa shape index (κ2) is 4.44. The number of carbonyl (C=O) groups excluding carboxylic acids is 1. The van der Waals surface area contributed by atoms with Crippen LogP contribution in [-0.4, -0.2) is 29.3 Å². The molecule has 0 spiro atoms. The molecule has 1 saturated heterocycles. The monoisotopic (exact) mass is 209 g/mol. The maximum absolute atomic E-state index is 11.8. The van der Waals surface area contributed by atoms with E-state index in [4.69, 9.17) is 4.74 Å². The molecule has 1 atom stereocenters. The molecule has 0 aromatic carbocycles. The molecule has 0 aliphatic carbocycles. The molecule has 1 unspecified atom stereocenters. The van der Waals surface area contributed by atoms with Crippen LogP contribution < -0.4 is 5.32 Å². The number of carbonyl (C=O) groups is 1. The lowest BCUT2D eigenvalue weighted by Gasteiger charge is -2.20. The van der Waals surface area contributed by atoms with Gasteiger partial charge in [-0.25, -0.2) is 0 Å². The quantitative estimate of drug-likeness (QED) is 0.766. The van der Waals surface area contributed by atoms with Crippen LogP contribution in [0.4, 0.5) is 5.82 Å². The summed E-state index contributed by atoms with van der Waals surface area (Å²) in [6.07, 6.45) is 3.55. The summed E-state index contributed by atoms with van der Waals surface area (Å²) in [7, 11) is 0. The SMILES string of the molecule is Cc1cn[nH]c1NC(=O)C1CCCOC1. The largest absolute Gasteiger partial charge is 0.381 e. The summed E-state index contributed by atoms with van der Waals surface area (Å²) in [4.78, 5) is 11.8. The van der Waals surface area contributed by atoms with Gasteiger partial charge < -0.3 is 10.1 Å². The van der Waals surface area contributed by atoms with Crippen molar-refractivity contribution in [2.45, 2.75) is 19.8 Å². The predicted octanol–water partition coefficient (Wildman–Crippen LogP) is 1.08. The standard InChI is InChI=1S/C10H15N3O2/c1-7-5-11-13-9(7)12-10(14)8-3-2-4-15-6-8/h5,8H,2-4,6H2,1H3,(H2,11,12,13,14). The normalized spacial score (nSPS) is 21.3. The highest BCUT2D eigenvalue weighted by atomic mass is 16.5. The van der Waals surface area contributed by atoms with Crippen LogP contribution in [0.3, 0.4) is 0 Å². The number of aromatic amines is 1. The third kappa shape index (κ3) is 2.36. The van der Waals surface area contributed by atoms with Crippen molar-refractivity contribution in [1.29, 1.82) is 0 Å². The summed E-state index contributed by atoms with van der Waals surface area (Å²) in [6.45, 7) is 3.20. The van der Waals surface area contributed by atoms with E-state index in [2.05, 4.69) is 15.5 Å².